The Kier molecular flexibility index (Phi) is 3.84. The molecule has 2 aromatic rings. The molecule has 1 heterocycles. The van der Waals surface area contributed by atoms with Crippen molar-refractivity contribution < 1.29 is 9.15 Å². The molecular formula is C13H13BrO3. The van der Waals surface area contributed by atoms with Crippen LogP contribution >= 0.6 is 15.9 Å². The molecule has 0 radical (unpaired) electrons. The van der Waals surface area contributed by atoms with Crippen LogP contribution < -0.4 is 10.4 Å². The van der Waals surface area contributed by atoms with Crippen LogP contribution in [0, 0.1) is 6.92 Å². The Bertz CT molecular complexity index is 574. The number of aryl methyl sites for hydroxylation is 1. The number of rotatable bonds is 4. The maximum absolute atomic E-state index is 11.3. The van der Waals surface area contributed by atoms with E-state index in [0.717, 1.165) is 28.5 Å². The van der Waals surface area contributed by atoms with E-state index in [0.29, 0.717) is 12.2 Å². The smallest absolute Gasteiger partial charge is 0.336 e. The van der Waals surface area contributed by atoms with Crippen molar-refractivity contribution in [3.05, 3.63) is 40.2 Å². The first-order chi connectivity index (χ1) is 8.20. The van der Waals surface area contributed by atoms with Gasteiger partial charge in [0.25, 0.3) is 0 Å². The van der Waals surface area contributed by atoms with Crippen LogP contribution in [0.15, 0.2) is 33.5 Å². The second-order valence-corrected chi connectivity index (χ2v) is 4.59. The molecule has 0 spiro atoms. The van der Waals surface area contributed by atoms with Gasteiger partial charge in [0.05, 0.1) is 6.61 Å². The molecule has 0 bridgehead atoms. The lowest BCUT2D eigenvalue weighted by atomic mass is 10.1. The highest BCUT2D eigenvalue weighted by molar-refractivity contribution is 9.09. The van der Waals surface area contributed by atoms with Gasteiger partial charge in [-0.1, -0.05) is 15.9 Å². The lowest BCUT2D eigenvalue weighted by Crippen LogP contribution is -2.00. The Morgan fingerprint density at radius 3 is 2.94 bits per heavy atom. The molecule has 3 nitrogen and oxygen atoms in total. The number of benzene rings is 1. The lowest BCUT2D eigenvalue weighted by molar-refractivity contribution is 0.319. The highest BCUT2D eigenvalue weighted by Gasteiger charge is 2.03. The molecule has 1 aromatic carbocycles. The van der Waals surface area contributed by atoms with Gasteiger partial charge >= 0.3 is 5.63 Å². The Morgan fingerprint density at radius 1 is 1.35 bits per heavy atom. The van der Waals surface area contributed by atoms with Gasteiger partial charge in [0.1, 0.15) is 11.3 Å². The molecule has 0 unspecified atom stereocenters. The molecule has 0 atom stereocenters. The topological polar surface area (TPSA) is 39.4 Å². The van der Waals surface area contributed by atoms with Crippen LogP contribution in [0.5, 0.6) is 5.75 Å². The van der Waals surface area contributed by atoms with Crippen molar-refractivity contribution in [2.45, 2.75) is 13.3 Å². The van der Waals surface area contributed by atoms with Crippen molar-refractivity contribution in [2.24, 2.45) is 0 Å². The fraction of sp³-hybridized carbons (Fsp3) is 0.308. The number of ether oxygens (including phenoxy) is 1. The number of alkyl halides is 1. The van der Waals surface area contributed by atoms with Crippen molar-refractivity contribution in [2.75, 3.05) is 11.9 Å². The van der Waals surface area contributed by atoms with Gasteiger partial charge < -0.3 is 9.15 Å². The predicted octanol–water partition coefficient (Wildman–Crippen LogP) is 3.27. The normalized spacial score (nSPS) is 10.7. The number of fused-ring (bicyclic) bond motifs is 1. The molecule has 0 saturated carbocycles. The van der Waals surface area contributed by atoms with Gasteiger partial charge in [-0.05, 0) is 31.0 Å². The Morgan fingerprint density at radius 2 is 2.18 bits per heavy atom. The van der Waals surface area contributed by atoms with E-state index in [9.17, 15) is 4.79 Å². The summed E-state index contributed by atoms with van der Waals surface area (Å²) in [5.41, 5.74) is 1.17. The summed E-state index contributed by atoms with van der Waals surface area (Å²) in [6, 6.07) is 7.06. The van der Waals surface area contributed by atoms with Crippen LogP contribution in [-0.4, -0.2) is 11.9 Å². The molecule has 4 heteroatoms. The quantitative estimate of drug-likeness (QED) is 0.494. The monoisotopic (exact) mass is 296 g/mol. The molecular weight excluding hydrogens is 284 g/mol. The molecule has 90 valence electrons. The molecule has 0 amide bonds. The van der Waals surface area contributed by atoms with E-state index in [1.54, 1.807) is 6.07 Å². The summed E-state index contributed by atoms with van der Waals surface area (Å²) in [6.45, 7) is 2.54. The minimum absolute atomic E-state index is 0.326. The van der Waals surface area contributed by atoms with Gasteiger partial charge in [0, 0.05) is 22.8 Å². The summed E-state index contributed by atoms with van der Waals surface area (Å²) in [5.74, 6) is 0.729. The van der Waals surface area contributed by atoms with Crippen LogP contribution in [0.4, 0.5) is 0 Å². The Balaban J connectivity index is 2.33. The van der Waals surface area contributed by atoms with Crippen molar-refractivity contribution in [3.8, 4) is 5.75 Å². The lowest BCUT2D eigenvalue weighted by Gasteiger charge is -2.06. The van der Waals surface area contributed by atoms with E-state index in [2.05, 4.69) is 15.9 Å². The zero-order valence-corrected chi connectivity index (χ0v) is 11.1. The van der Waals surface area contributed by atoms with E-state index in [1.807, 2.05) is 19.1 Å². The molecule has 1 aromatic heterocycles. The number of hydrogen-bond acceptors (Lipinski definition) is 3. The maximum atomic E-state index is 11.3. The molecule has 2 rings (SSSR count). The first kappa shape index (κ1) is 12.2. The summed E-state index contributed by atoms with van der Waals surface area (Å²) >= 11 is 3.34. The fourth-order valence-corrected chi connectivity index (χ4v) is 1.87. The minimum atomic E-state index is -0.326. The molecule has 0 aliphatic carbocycles. The zero-order valence-electron chi connectivity index (χ0n) is 9.53. The van der Waals surface area contributed by atoms with Crippen molar-refractivity contribution >= 4 is 26.9 Å². The molecule has 0 fully saturated rings. The standard InChI is InChI=1S/C13H13BrO3/c1-9-7-13(15)17-12-8-10(3-4-11(9)12)16-6-2-5-14/h3-4,7-8H,2,5-6H2,1H3. The van der Waals surface area contributed by atoms with Gasteiger partial charge in [-0.15, -0.1) is 0 Å². The van der Waals surface area contributed by atoms with Crippen molar-refractivity contribution in [1.82, 2.24) is 0 Å². The molecule has 0 N–H and O–H groups in total. The average molecular weight is 297 g/mol. The first-order valence-electron chi connectivity index (χ1n) is 5.44. The number of hydrogen-bond donors (Lipinski definition) is 0. The largest absolute Gasteiger partial charge is 0.493 e. The van der Waals surface area contributed by atoms with Crippen molar-refractivity contribution in [1.29, 1.82) is 0 Å². The third-order valence-corrected chi connectivity index (χ3v) is 3.03. The van der Waals surface area contributed by atoms with E-state index in [4.69, 9.17) is 9.15 Å². The Hall–Kier alpha value is -1.29. The van der Waals surface area contributed by atoms with Gasteiger partial charge in [0.2, 0.25) is 0 Å². The van der Waals surface area contributed by atoms with Gasteiger partial charge in [-0.2, -0.15) is 0 Å². The van der Waals surface area contributed by atoms with Crippen LogP contribution in [0.1, 0.15) is 12.0 Å². The van der Waals surface area contributed by atoms with Gasteiger partial charge in [0.15, 0.2) is 0 Å². The van der Waals surface area contributed by atoms with E-state index in [-0.39, 0.29) is 5.63 Å². The van der Waals surface area contributed by atoms with Crippen LogP contribution in [-0.2, 0) is 0 Å². The van der Waals surface area contributed by atoms with Gasteiger partial charge in [-0.25, -0.2) is 4.79 Å². The highest BCUT2D eigenvalue weighted by Crippen LogP contribution is 2.22. The van der Waals surface area contributed by atoms with Crippen LogP contribution in [0.3, 0.4) is 0 Å². The van der Waals surface area contributed by atoms with E-state index in [1.165, 1.54) is 6.07 Å². The maximum Gasteiger partial charge on any atom is 0.336 e. The highest BCUT2D eigenvalue weighted by atomic mass is 79.9. The Labute approximate surface area is 108 Å². The molecule has 17 heavy (non-hydrogen) atoms. The van der Waals surface area contributed by atoms with E-state index < -0.39 is 0 Å². The number of halogens is 1. The summed E-state index contributed by atoms with van der Waals surface area (Å²) in [4.78, 5) is 11.3. The predicted molar refractivity (Wildman–Crippen MR) is 71.1 cm³/mol. The van der Waals surface area contributed by atoms with Crippen LogP contribution in [0.25, 0.3) is 11.0 Å². The second-order valence-electron chi connectivity index (χ2n) is 3.80. The minimum Gasteiger partial charge on any atom is -0.493 e. The molecule has 0 aliphatic rings. The van der Waals surface area contributed by atoms with Gasteiger partial charge in [-0.3, -0.25) is 0 Å². The zero-order chi connectivity index (χ0) is 12.3. The fourth-order valence-electron chi connectivity index (χ4n) is 1.64. The summed E-state index contributed by atoms with van der Waals surface area (Å²) in [7, 11) is 0. The molecule has 0 aliphatic heterocycles. The van der Waals surface area contributed by atoms with Crippen molar-refractivity contribution in [3.63, 3.8) is 0 Å². The summed E-state index contributed by atoms with van der Waals surface area (Å²) in [5, 5.41) is 1.85. The second kappa shape index (κ2) is 5.36. The third-order valence-electron chi connectivity index (χ3n) is 2.47. The third kappa shape index (κ3) is 2.88. The van der Waals surface area contributed by atoms with E-state index >= 15 is 0 Å². The average Bonchev–Trinajstić information content (AvgIpc) is 2.28. The van der Waals surface area contributed by atoms with Crippen LogP contribution in [0.2, 0.25) is 0 Å². The molecule has 0 saturated heterocycles. The summed E-state index contributed by atoms with van der Waals surface area (Å²) < 4.78 is 10.7. The first-order valence-corrected chi connectivity index (χ1v) is 6.56. The SMILES string of the molecule is Cc1cc(=O)oc2cc(OCCCBr)ccc12. The summed E-state index contributed by atoms with van der Waals surface area (Å²) in [6.07, 6.45) is 0.940.